The third-order valence-corrected chi connectivity index (χ3v) is 4.17. The lowest BCUT2D eigenvalue weighted by Crippen LogP contribution is -2.27. The molecule has 0 bridgehead atoms. The van der Waals surface area contributed by atoms with E-state index in [1.807, 2.05) is 0 Å². The van der Waals surface area contributed by atoms with E-state index in [0.29, 0.717) is 11.3 Å². The van der Waals surface area contributed by atoms with E-state index in [9.17, 15) is 24.8 Å². The molecule has 24 heavy (non-hydrogen) atoms. The fourth-order valence-corrected chi connectivity index (χ4v) is 2.98. The summed E-state index contributed by atoms with van der Waals surface area (Å²) < 4.78 is 0. The molecule has 1 heterocycles. The van der Waals surface area contributed by atoms with Crippen LogP contribution in [-0.2, 0) is 4.79 Å². The van der Waals surface area contributed by atoms with Crippen LogP contribution in [0.25, 0.3) is 6.08 Å². The first-order valence-corrected chi connectivity index (χ1v) is 7.59. The molecule has 1 N–H and O–H groups in total. The molecule has 1 saturated heterocycles. The number of benzene rings is 2. The summed E-state index contributed by atoms with van der Waals surface area (Å²) in [5.41, 5.74) is 0.892. The molecular weight excluding hydrogens is 332 g/mol. The third kappa shape index (κ3) is 2.99. The van der Waals surface area contributed by atoms with E-state index in [2.05, 4.69) is 0 Å². The number of nitro benzene ring substituents is 1. The molecule has 0 atom stereocenters. The van der Waals surface area contributed by atoms with Gasteiger partial charge in [-0.3, -0.25) is 19.7 Å². The molecule has 1 aliphatic rings. The fourth-order valence-electron chi connectivity index (χ4n) is 2.14. The van der Waals surface area contributed by atoms with Crippen molar-refractivity contribution in [3.63, 3.8) is 0 Å². The molecule has 3 rings (SSSR count). The number of phenols is 1. The van der Waals surface area contributed by atoms with Gasteiger partial charge in [-0.25, -0.2) is 4.90 Å². The Bertz CT molecular complexity index is 859. The van der Waals surface area contributed by atoms with Gasteiger partial charge in [-0.1, -0.05) is 0 Å². The molecule has 2 aromatic carbocycles. The minimum Gasteiger partial charge on any atom is -0.508 e. The summed E-state index contributed by atoms with van der Waals surface area (Å²) in [6.45, 7) is 0. The quantitative estimate of drug-likeness (QED) is 0.520. The number of non-ortho nitro benzene ring substituents is 1. The molecule has 0 aromatic heterocycles. The zero-order valence-electron chi connectivity index (χ0n) is 12.1. The van der Waals surface area contributed by atoms with Gasteiger partial charge in [-0.05, 0) is 59.8 Å². The summed E-state index contributed by atoms with van der Waals surface area (Å²) in [6, 6.07) is 11.4. The van der Waals surface area contributed by atoms with Crippen LogP contribution in [0.4, 0.5) is 16.2 Å². The van der Waals surface area contributed by atoms with E-state index < -0.39 is 16.1 Å². The van der Waals surface area contributed by atoms with Gasteiger partial charge in [0, 0.05) is 12.1 Å². The van der Waals surface area contributed by atoms with Gasteiger partial charge in [-0.15, -0.1) is 0 Å². The Balaban J connectivity index is 1.87. The lowest BCUT2D eigenvalue weighted by Gasteiger charge is -2.12. The second-order valence-electron chi connectivity index (χ2n) is 4.88. The van der Waals surface area contributed by atoms with Crippen LogP contribution < -0.4 is 4.90 Å². The molecule has 0 spiro atoms. The van der Waals surface area contributed by atoms with Crippen molar-refractivity contribution in [1.29, 1.82) is 0 Å². The maximum absolute atomic E-state index is 12.4. The summed E-state index contributed by atoms with van der Waals surface area (Å²) in [4.78, 5) is 35.9. The molecule has 0 aliphatic carbocycles. The van der Waals surface area contributed by atoms with E-state index in [4.69, 9.17) is 0 Å². The van der Waals surface area contributed by atoms with Gasteiger partial charge in [-0.2, -0.15) is 0 Å². The van der Waals surface area contributed by atoms with E-state index in [-0.39, 0.29) is 16.3 Å². The molecule has 0 unspecified atom stereocenters. The summed E-state index contributed by atoms with van der Waals surface area (Å²) in [5.74, 6) is -0.443. The largest absolute Gasteiger partial charge is 0.508 e. The first-order valence-electron chi connectivity index (χ1n) is 6.77. The SMILES string of the molecule is O=C1S/C(=C\c2ccc([N+](=O)[O-])cc2)C(=O)N1c1ccc(O)cc1. The number of anilines is 1. The molecular formula is C16H10N2O5S. The summed E-state index contributed by atoms with van der Waals surface area (Å²) in [7, 11) is 0. The zero-order chi connectivity index (χ0) is 17.3. The first kappa shape index (κ1) is 15.8. The smallest absolute Gasteiger partial charge is 0.298 e. The molecule has 2 aromatic rings. The van der Waals surface area contributed by atoms with E-state index >= 15 is 0 Å². The van der Waals surface area contributed by atoms with Crippen molar-refractivity contribution < 1.29 is 19.6 Å². The van der Waals surface area contributed by atoms with Gasteiger partial charge < -0.3 is 5.11 Å². The number of carbonyl (C=O) groups is 2. The number of nitro groups is 1. The Hall–Kier alpha value is -3.13. The Morgan fingerprint density at radius 3 is 2.25 bits per heavy atom. The highest BCUT2D eigenvalue weighted by atomic mass is 32.2. The van der Waals surface area contributed by atoms with E-state index in [0.717, 1.165) is 16.7 Å². The summed E-state index contributed by atoms with van der Waals surface area (Å²) >= 11 is 0.788. The Morgan fingerprint density at radius 2 is 1.67 bits per heavy atom. The van der Waals surface area contributed by atoms with Crippen LogP contribution in [0, 0.1) is 10.1 Å². The highest BCUT2D eigenvalue weighted by molar-refractivity contribution is 8.19. The second-order valence-corrected chi connectivity index (χ2v) is 5.88. The van der Waals surface area contributed by atoms with Crippen LogP contribution in [0.15, 0.2) is 53.4 Å². The van der Waals surface area contributed by atoms with Crippen LogP contribution in [0.3, 0.4) is 0 Å². The van der Waals surface area contributed by atoms with Crippen molar-refractivity contribution >= 4 is 40.4 Å². The number of hydrogen-bond acceptors (Lipinski definition) is 6. The predicted molar refractivity (Wildman–Crippen MR) is 89.7 cm³/mol. The van der Waals surface area contributed by atoms with Gasteiger partial charge in [0.2, 0.25) is 0 Å². The van der Waals surface area contributed by atoms with Crippen molar-refractivity contribution in [2.45, 2.75) is 0 Å². The monoisotopic (exact) mass is 342 g/mol. The molecule has 8 heteroatoms. The normalized spacial score (nSPS) is 16.0. The van der Waals surface area contributed by atoms with E-state index in [1.54, 1.807) is 0 Å². The fraction of sp³-hybridized carbons (Fsp3) is 0. The van der Waals surface area contributed by atoms with Gasteiger partial charge in [0.1, 0.15) is 5.75 Å². The highest BCUT2D eigenvalue weighted by Crippen LogP contribution is 2.36. The molecule has 7 nitrogen and oxygen atoms in total. The van der Waals surface area contributed by atoms with Crippen LogP contribution in [0.2, 0.25) is 0 Å². The average Bonchev–Trinajstić information content (AvgIpc) is 2.83. The number of thioether (sulfide) groups is 1. The number of hydrogen-bond donors (Lipinski definition) is 1. The topological polar surface area (TPSA) is 101 Å². The minimum absolute atomic E-state index is 0.0344. The number of rotatable bonds is 3. The number of imide groups is 1. The molecule has 2 amide bonds. The molecule has 0 radical (unpaired) electrons. The van der Waals surface area contributed by atoms with Crippen molar-refractivity contribution in [2.24, 2.45) is 0 Å². The van der Waals surface area contributed by atoms with Crippen LogP contribution in [0.5, 0.6) is 5.75 Å². The Labute approximate surface area is 140 Å². The van der Waals surface area contributed by atoms with Gasteiger partial charge >= 0.3 is 0 Å². The number of carbonyl (C=O) groups excluding carboxylic acids is 2. The molecule has 1 aliphatic heterocycles. The second kappa shape index (κ2) is 6.17. The zero-order valence-corrected chi connectivity index (χ0v) is 12.9. The number of phenolic OH excluding ortho intramolecular Hbond substituents is 1. The molecule has 120 valence electrons. The predicted octanol–water partition coefficient (Wildman–Crippen LogP) is 3.54. The lowest BCUT2D eigenvalue weighted by molar-refractivity contribution is -0.384. The molecule has 1 fully saturated rings. The molecule has 0 saturated carbocycles. The van der Waals surface area contributed by atoms with Crippen LogP contribution in [-0.4, -0.2) is 21.2 Å². The van der Waals surface area contributed by atoms with Gasteiger partial charge in [0.25, 0.3) is 16.8 Å². The first-order chi connectivity index (χ1) is 11.5. The van der Waals surface area contributed by atoms with Crippen LogP contribution in [0.1, 0.15) is 5.56 Å². The summed E-state index contributed by atoms with van der Waals surface area (Å²) in [5, 5.41) is 19.5. The van der Waals surface area contributed by atoms with Crippen molar-refractivity contribution in [2.75, 3.05) is 4.90 Å². The number of nitrogens with zero attached hydrogens (tertiary/aromatic N) is 2. The number of amides is 2. The van der Waals surface area contributed by atoms with Gasteiger partial charge in [0.15, 0.2) is 0 Å². The summed E-state index contributed by atoms with van der Waals surface area (Å²) in [6.07, 6.45) is 1.51. The number of aromatic hydroxyl groups is 1. The van der Waals surface area contributed by atoms with Crippen molar-refractivity contribution in [1.82, 2.24) is 0 Å². The highest BCUT2D eigenvalue weighted by Gasteiger charge is 2.36. The Kier molecular flexibility index (Phi) is 4.05. The standard InChI is InChI=1S/C16H10N2O5S/c19-13-7-5-11(6-8-13)17-15(20)14(24-16(17)21)9-10-1-3-12(4-2-10)18(22)23/h1-9,19H/b14-9-. The lowest BCUT2D eigenvalue weighted by atomic mass is 10.2. The maximum Gasteiger partial charge on any atom is 0.298 e. The average molecular weight is 342 g/mol. The minimum atomic E-state index is -0.511. The third-order valence-electron chi connectivity index (χ3n) is 3.30. The van der Waals surface area contributed by atoms with Gasteiger partial charge in [0.05, 0.1) is 15.5 Å². The van der Waals surface area contributed by atoms with E-state index in [1.165, 1.54) is 54.6 Å². The maximum atomic E-state index is 12.4. The van der Waals surface area contributed by atoms with Crippen molar-refractivity contribution in [3.8, 4) is 5.75 Å². The van der Waals surface area contributed by atoms with Crippen molar-refractivity contribution in [3.05, 3.63) is 69.1 Å². The van der Waals surface area contributed by atoms with Crippen LogP contribution >= 0.6 is 11.8 Å². The Morgan fingerprint density at radius 1 is 1.04 bits per heavy atom.